The molecular weight excluding hydrogens is 496 g/mol. The van der Waals surface area contributed by atoms with Crippen molar-refractivity contribution in [3.8, 4) is 28.7 Å². The minimum Gasteiger partial charge on any atom is -0.493 e. The summed E-state index contributed by atoms with van der Waals surface area (Å²) >= 11 is 0. The lowest BCUT2D eigenvalue weighted by atomic mass is 9.99. The largest absolute Gasteiger partial charge is 0.493 e. The van der Waals surface area contributed by atoms with Crippen molar-refractivity contribution in [1.29, 1.82) is 0 Å². The van der Waals surface area contributed by atoms with Crippen molar-refractivity contribution in [2.24, 2.45) is 0 Å². The Morgan fingerprint density at radius 1 is 0.769 bits per heavy atom. The lowest BCUT2D eigenvalue weighted by Gasteiger charge is -2.14. The second kappa shape index (κ2) is 14.8. The van der Waals surface area contributed by atoms with Gasteiger partial charge in [-0.1, -0.05) is 6.92 Å². The van der Waals surface area contributed by atoms with Gasteiger partial charge in [0, 0.05) is 19.6 Å². The van der Waals surface area contributed by atoms with Crippen molar-refractivity contribution in [2.45, 2.75) is 20.3 Å². The van der Waals surface area contributed by atoms with Crippen molar-refractivity contribution in [2.75, 3.05) is 82.0 Å². The third-order valence-corrected chi connectivity index (χ3v) is 7.12. The maximum Gasteiger partial charge on any atom is 0.203 e. The van der Waals surface area contributed by atoms with E-state index in [1.165, 1.54) is 11.1 Å². The normalized spacial score (nSPS) is 13.7. The Kier molecular flexibility index (Phi) is 11.5. The number of allylic oxidation sites excluding steroid dienone is 2. The van der Waals surface area contributed by atoms with Gasteiger partial charge in [0.05, 0.1) is 48.8 Å². The lowest BCUT2D eigenvalue weighted by molar-refractivity contribution is 0.141. The third kappa shape index (κ3) is 7.26. The monoisotopic (exact) mass is 540 g/mol. The maximum atomic E-state index is 6.00. The quantitative estimate of drug-likeness (QED) is 0.298. The second-order valence-corrected chi connectivity index (χ2v) is 9.38. The highest BCUT2D eigenvalue weighted by atomic mass is 16.5. The van der Waals surface area contributed by atoms with Crippen LogP contribution in [0.2, 0.25) is 0 Å². The minimum atomic E-state index is 0.567. The van der Waals surface area contributed by atoms with Gasteiger partial charge in [0.25, 0.3) is 0 Å². The number of methoxy groups -OCH3 is 5. The van der Waals surface area contributed by atoms with E-state index < -0.39 is 0 Å². The van der Waals surface area contributed by atoms with Crippen LogP contribution in [0, 0.1) is 0 Å². The number of benzene rings is 2. The number of likely N-dealkylation sites (N-methyl/N-ethyl adjacent to an activating group) is 1. The third-order valence-electron chi connectivity index (χ3n) is 7.12. The maximum absolute atomic E-state index is 6.00. The molecule has 2 aromatic rings. The molecule has 0 atom stereocenters. The molecule has 0 spiro atoms. The molecule has 0 fully saturated rings. The van der Waals surface area contributed by atoms with Crippen molar-refractivity contribution in [1.82, 2.24) is 10.2 Å². The van der Waals surface area contributed by atoms with Crippen LogP contribution in [0.1, 0.15) is 37.0 Å². The first-order chi connectivity index (χ1) is 18.9. The number of nitrogens with one attached hydrogen (secondary N) is 1. The number of hydrogen-bond acceptors (Lipinski definition) is 8. The molecule has 1 N–H and O–H groups in total. The van der Waals surface area contributed by atoms with Gasteiger partial charge in [-0.15, -0.1) is 0 Å². The van der Waals surface area contributed by atoms with Crippen molar-refractivity contribution >= 4 is 17.2 Å². The van der Waals surface area contributed by atoms with E-state index in [9.17, 15) is 0 Å². The van der Waals surface area contributed by atoms with E-state index in [1.807, 2.05) is 18.2 Å². The van der Waals surface area contributed by atoms with E-state index >= 15 is 0 Å². The van der Waals surface area contributed by atoms with Gasteiger partial charge in [0.15, 0.2) is 23.0 Å². The van der Waals surface area contributed by atoms with Gasteiger partial charge in [-0.3, -0.25) is 0 Å². The zero-order chi connectivity index (χ0) is 28.4. The highest BCUT2D eigenvalue weighted by Gasteiger charge is 2.26. The molecule has 0 bridgehead atoms. The molecule has 0 heterocycles. The first kappa shape index (κ1) is 30.3. The summed E-state index contributed by atoms with van der Waals surface area (Å²) < 4.78 is 33.9. The molecule has 214 valence electrons. The average molecular weight is 541 g/mol. The molecule has 3 rings (SSSR count). The Bertz CT molecular complexity index is 1150. The molecule has 0 aromatic heterocycles. The minimum absolute atomic E-state index is 0.567. The van der Waals surface area contributed by atoms with E-state index in [-0.39, 0.29) is 0 Å². The number of nitrogens with zero attached hydrogens (tertiary/aromatic N) is 1. The van der Waals surface area contributed by atoms with Crippen LogP contribution in [0.25, 0.3) is 17.2 Å². The summed E-state index contributed by atoms with van der Waals surface area (Å²) in [5, 5.41) is 3.44. The van der Waals surface area contributed by atoms with Crippen LogP contribution in [0.15, 0.2) is 29.8 Å². The molecule has 2 aromatic carbocycles. The van der Waals surface area contributed by atoms with E-state index in [2.05, 4.69) is 43.3 Å². The fourth-order valence-electron chi connectivity index (χ4n) is 4.75. The predicted molar refractivity (Wildman–Crippen MR) is 158 cm³/mol. The summed E-state index contributed by atoms with van der Waals surface area (Å²) in [5.74, 6) is 3.19. The van der Waals surface area contributed by atoms with Crippen molar-refractivity contribution < 1.29 is 28.4 Å². The van der Waals surface area contributed by atoms with Crippen LogP contribution >= 0.6 is 0 Å². The molecule has 8 nitrogen and oxygen atoms in total. The second-order valence-electron chi connectivity index (χ2n) is 9.38. The van der Waals surface area contributed by atoms with E-state index in [0.29, 0.717) is 42.0 Å². The van der Waals surface area contributed by atoms with Crippen molar-refractivity contribution in [3.05, 3.63) is 46.5 Å². The summed E-state index contributed by atoms with van der Waals surface area (Å²) in [6.45, 7) is 9.52. The number of fused-ring (bicyclic) bond motifs is 1. The van der Waals surface area contributed by atoms with Gasteiger partial charge in [0.2, 0.25) is 5.75 Å². The molecule has 8 heteroatoms. The van der Waals surface area contributed by atoms with Crippen LogP contribution in [-0.4, -0.2) is 86.9 Å². The van der Waals surface area contributed by atoms with Crippen LogP contribution in [0.5, 0.6) is 28.7 Å². The Morgan fingerprint density at radius 3 is 1.95 bits per heavy atom. The molecule has 0 unspecified atom stereocenters. The number of ether oxygens (including phenoxy) is 6. The smallest absolute Gasteiger partial charge is 0.203 e. The Morgan fingerprint density at radius 2 is 1.38 bits per heavy atom. The molecule has 0 radical (unpaired) electrons. The highest BCUT2D eigenvalue weighted by Crippen LogP contribution is 2.48. The zero-order valence-corrected chi connectivity index (χ0v) is 24.7. The topological polar surface area (TPSA) is 70.7 Å². The summed E-state index contributed by atoms with van der Waals surface area (Å²) in [7, 11) is 10.3. The van der Waals surface area contributed by atoms with Gasteiger partial charge >= 0.3 is 0 Å². The summed E-state index contributed by atoms with van der Waals surface area (Å²) in [4.78, 5) is 2.28. The first-order valence-corrected chi connectivity index (χ1v) is 13.4. The first-order valence-electron chi connectivity index (χ1n) is 13.4. The fourth-order valence-corrected chi connectivity index (χ4v) is 4.75. The molecular formula is C31H44N2O6. The average Bonchev–Trinajstić information content (AvgIpc) is 3.21. The van der Waals surface area contributed by atoms with Crippen LogP contribution in [0.4, 0.5) is 0 Å². The SMILES string of the molecule is CCN(C)CCNCCOCCC1=C(C)/C(=C/c2cc(OC)c(OC)c(OC)c2)c2cc(OC)c(OC)cc21. The number of hydrogen-bond donors (Lipinski definition) is 1. The zero-order valence-electron chi connectivity index (χ0n) is 24.7. The van der Waals surface area contributed by atoms with E-state index in [1.54, 1.807) is 35.5 Å². The van der Waals surface area contributed by atoms with E-state index in [0.717, 1.165) is 54.9 Å². The molecule has 39 heavy (non-hydrogen) atoms. The molecule has 0 amide bonds. The van der Waals surface area contributed by atoms with Crippen molar-refractivity contribution in [3.63, 3.8) is 0 Å². The van der Waals surface area contributed by atoms with Gasteiger partial charge in [0.1, 0.15) is 0 Å². The molecule has 0 saturated heterocycles. The standard InChI is InChI=1S/C31H44N2O6/c1-9-33(3)13-11-32-12-15-39-14-10-23-21(2)24(26-20-28(35-5)27(34-4)19-25(23)26)16-22-17-29(36-6)31(38-8)30(18-22)37-7/h16-20,32H,9-15H2,1-8H3/b24-16-. The summed E-state index contributed by atoms with van der Waals surface area (Å²) in [6.07, 6.45) is 2.94. The Balaban J connectivity index is 1.86. The molecule has 1 aliphatic carbocycles. The van der Waals surface area contributed by atoms with Gasteiger partial charge in [-0.25, -0.2) is 0 Å². The molecule has 0 saturated carbocycles. The summed E-state index contributed by atoms with van der Waals surface area (Å²) in [6, 6.07) is 8.02. The van der Waals surface area contributed by atoms with Gasteiger partial charge in [-0.2, -0.15) is 0 Å². The van der Waals surface area contributed by atoms with Crippen LogP contribution < -0.4 is 29.0 Å². The molecule has 0 aliphatic heterocycles. The van der Waals surface area contributed by atoms with E-state index in [4.69, 9.17) is 28.4 Å². The van der Waals surface area contributed by atoms with Crippen LogP contribution in [-0.2, 0) is 4.74 Å². The fraction of sp³-hybridized carbons (Fsp3) is 0.484. The summed E-state index contributed by atoms with van der Waals surface area (Å²) in [5.41, 5.74) is 6.71. The lowest BCUT2D eigenvalue weighted by Crippen LogP contribution is -2.30. The van der Waals surface area contributed by atoms with Gasteiger partial charge < -0.3 is 38.6 Å². The predicted octanol–water partition coefficient (Wildman–Crippen LogP) is 5.01. The Hall–Kier alpha value is -3.20. The highest BCUT2D eigenvalue weighted by molar-refractivity contribution is 6.06. The van der Waals surface area contributed by atoms with Gasteiger partial charge in [-0.05, 0) is 90.7 Å². The van der Waals surface area contributed by atoms with Crippen LogP contribution in [0.3, 0.4) is 0 Å². The Labute approximate surface area is 233 Å². The number of rotatable bonds is 16. The molecule has 1 aliphatic rings.